The summed E-state index contributed by atoms with van der Waals surface area (Å²) in [5.41, 5.74) is 0. The summed E-state index contributed by atoms with van der Waals surface area (Å²) in [4.78, 5) is 13.1. The van der Waals surface area contributed by atoms with Gasteiger partial charge in [0.2, 0.25) is 0 Å². The maximum absolute atomic E-state index is 11.5. The summed E-state index contributed by atoms with van der Waals surface area (Å²) in [6, 6.07) is 0.163. The SMILES string of the molecule is CCC(C)NC(=O)N1CC[C@@H](O)C1. The minimum atomic E-state index is -0.331. The van der Waals surface area contributed by atoms with E-state index >= 15 is 0 Å². The molecule has 1 saturated heterocycles. The Hall–Kier alpha value is -0.770. The van der Waals surface area contributed by atoms with Gasteiger partial charge in [0.25, 0.3) is 0 Å². The van der Waals surface area contributed by atoms with Crippen molar-refractivity contribution in [2.24, 2.45) is 0 Å². The number of carbonyl (C=O) groups is 1. The lowest BCUT2D eigenvalue weighted by molar-refractivity contribution is 0.170. The van der Waals surface area contributed by atoms with E-state index in [0.717, 1.165) is 6.42 Å². The lowest BCUT2D eigenvalue weighted by Crippen LogP contribution is -2.42. The van der Waals surface area contributed by atoms with Gasteiger partial charge in [-0.05, 0) is 19.8 Å². The number of aliphatic hydroxyl groups excluding tert-OH is 1. The Labute approximate surface area is 78.9 Å². The molecular formula is C9H18N2O2. The standard InChI is InChI=1S/C9H18N2O2/c1-3-7(2)10-9(13)11-5-4-8(12)6-11/h7-8,12H,3-6H2,1-2H3,(H,10,13)/t7?,8-/m1/s1. The summed E-state index contributed by atoms with van der Waals surface area (Å²) in [5, 5.41) is 12.1. The first-order valence-corrected chi connectivity index (χ1v) is 4.87. The number of rotatable bonds is 2. The van der Waals surface area contributed by atoms with Crippen LogP contribution in [0.1, 0.15) is 26.7 Å². The molecule has 4 nitrogen and oxygen atoms in total. The second-order valence-electron chi connectivity index (χ2n) is 3.65. The van der Waals surface area contributed by atoms with Crippen molar-refractivity contribution in [3.05, 3.63) is 0 Å². The number of amides is 2. The topological polar surface area (TPSA) is 52.6 Å². The third-order valence-electron chi connectivity index (χ3n) is 2.43. The number of likely N-dealkylation sites (tertiary alicyclic amines) is 1. The van der Waals surface area contributed by atoms with E-state index < -0.39 is 0 Å². The van der Waals surface area contributed by atoms with Crippen LogP contribution < -0.4 is 5.32 Å². The minimum absolute atomic E-state index is 0.0501. The fourth-order valence-corrected chi connectivity index (χ4v) is 1.33. The lowest BCUT2D eigenvalue weighted by atomic mass is 10.3. The second-order valence-corrected chi connectivity index (χ2v) is 3.65. The lowest BCUT2D eigenvalue weighted by Gasteiger charge is -2.19. The van der Waals surface area contributed by atoms with Gasteiger partial charge in [0.1, 0.15) is 0 Å². The molecule has 2 amide bonds. The zero-order valence-corrected chi connectivity index (χ0v) is 8.29. The highest BCUT2D eigenvalue weighted by molar-refractivity contribution is 5.74. The zero-order valence-electron chi connectivity index (χ0n) is 8.29. The average molecular weight is 186 g/mol. The predicted octanol–water partition coefficient (Wildman–Crippen LogP) is 0.561. The molecule has 1 rings (SSSR count). The summed E-state index contributed by atoms with van der Waals surface area (Å²) >= 11 is 0. The number of nitrogens with zero attached hydrogens (tertiary/aromatic N) is 1. The van der Waals surface area contributed by atoms with Gasteiger partial charge in [0, 0.05) is 19.1 Å². The van der Waals surface area contributed by atoms with Crippen LogP contribution in [0, 0.1) is 0 Å². The molecule has 13 heavy (non-hydrogen) atoms. The third kappa shape index (κ3) is 2.88. The Bertz CT molecular complexity index is 184. The van der Waals surface area contributed by atoms with Crippen LogP contribution in [-0.4, -0.2) is 41.3 Å². The van der Waals surface area contributed by atoms with Crippen molar-refractivity contribution in [1.82, 2.24) is 10.2 Å². The fourth-order valence-electron chi connectivity index (χ4n) is 1.33. The smallest absolute Gasteiger partial charge is 0.317 e. The van der Waals surface area contributed by atoms with Gasteiger partial charge in [-0.15, -0.1) is 0 Å². The van der Waals surface area contributed by atoms with Gasteiger partial charge in [-0.2, -0.15) is 0 Å². The fraction of sp³-hybridized carbons (Fsp3) is 0.889. The largest absolute Gasteiger partial charge is 0.391 e. The van der Waals surface area contributed by atoms with Crippen molar-refractivity contribution in [3.8, 4) is 0 Å². The molecule has 0 saturated carbocycles. The normalized spacial score (nSPS) is 24.5. The van der Waals surface area contributed by atoms with E-state index in [1.807, 2.05) is 13.8 Å². The highest BCUT2D eigenvalue weighted by atomic mass is 16.3. The summed E-state index contributed by atoms with van der Waals surface area (Å²) in [5.74, 6) is 0. The molecule has 0 spiro atoms. The molecule has 1 fully saturated rings. The molecule has 0 aromatic carbocycles. The Kier molecular flexibility index (Phi) is 3.54. The molecule has 1 aliphatic rings. The van der Waals surface area contributed by atoms with Crippen LogP contribution in [0.3, 0.4) is 0 Å². The van der Waals surface area contributed by atoms with Crippen LogP contribution in [0.25, 0.3) is 0 Å². The summed E-state index contributed by atoms with van der Waals surface area (Å²) in [6.07, 6.45) is 1.30. The van der Waals surface area contributed by atoms with Crippen molar-refractivity contribution in [1.29, 1.82) is 0 Å². The quantitative estimate of drug-likeness (QED) is 0.662. The first-order valence-electron chi connectivity index (χ1n) is 4.87. The van der Waals surface area contributed by atoms with Gasteiger partial charge < -0.3 is 15.3 Å². The molecule has 0 radical (unpaired) electrons. The monoisotopic (exact) mass is 186 g/mol. The van der Waals surface area contributed by atoms with Crippen LogP contribution in [0.2, 0.25) is 0 Å². The van der Waals surface area contributed by atoms with Crippen LogP contribution in [-0.2, 0) is 0 Å². The van der Waals surface area contributed by atoms with Crippen molar-refractivity contribution in [2.45, 2.75) is 38.8 Å². The first kappa shape index (κ1) is 10.3. The number of β-amino-alcohol motifs (C(OH)–C–C–N with tert-alkyl or cyclic N) is 1. The average Bonchev–Trinajstić information content (AvgIpc) is 2.51. The first-order chi connectivity index (χ1) is 6.13. The molecule has 1 aliphatic heterocycles. The zero-order chi connectivity index (χ0) is 9.84. The van der Waals surface area contributed by atoms with E-state index in [0.29, 0.717) is 19.5 Å². The van der Waals surface area contributed by atoms with E-state index in [2.05, 4.69) is 5.32 Å². The molecule has 0 aromatic heterocycles. The maximum atomic E-state index is 11.5. The highest BCUT2D eigenvalue weighted by Gasteiger charge is 2.24. The molecule has 0 bridgehead atoms. The van der Waals surface area contributed by atoms with E-state index in [9.17, 15) is 9.90 Å². The van der Waals surface area contributed by atoms with Crippen molar-refractivity contribution in [3.63, 3.8) is 0 Å². The molecule has 0 aliphatic carbocycles. The highest BCUT2D eigenvalue weighted by Crippen LogP contribution is 2.08. The van der Waals surface area contributed by atoms with Gasteiger partial charge in [-0.1, -0.05) is 6.92 Å². The minimum Gasteiger partial charge on any atom is -0.391 e. The van der Waals surface area contributed by atoms with Gasteiger partial charge in [-0.3, -0.25) is 0 Å². The second kappa shape index (κ2) is 4.46. The van der Waals surface area contributed by atoms with Gasteiger partial charge in [-0.25, -0.2) is 4.79 Å². The molecule has 1 heterocycles. The summed E-state index contributed by atoms with van der Waals surface area (Å²) in [7, 11) is 0. The number of hydrogen-bond donors (Lipinski definition) is 2. The van der Waals surface area contributed by atoms with Gasteiger partial charge in [0.05, 0.1) is 6.10 Å². The number of aliphatic hydroxyl groups is 1. The van der Waals surface area contributed by atoms with E-state index in [-0.39, 0.29) is 18.2 Å². The maximum Gasteiger partial charge on any atom is 0.317 e. The molecule has 4 heteroatoms. The molecular weight excluding hydrogens is 168 g/mol. The van der Waals surface area contributed by atoms with Crippen LogP contribution in [0.15, 0.2) is 0 Å². The molecule has 0 aromatic rings. The third-order valence-corrected chi connectivity index (χ3v) is 2.43. The van der Waals surface area contributed by atoms with Crippen LogP contribution in [0.5, 0.6) is 0 Å². The summed E-state index contributed by atoms with van der Waals surface area (Å²) in [6.45, 7) is 5.15. The Balaban J connectivity index is 2.31. The van der Waals surface area contributed by atoms with Crippen molar-refractivity contribution in [2.75, 3.05) is 13.1 Å². The van der Waals surface area contributed by atoms with Crippen molar-refractivity contribution >= 4 is 6.03 Å². The predicted molar refractivity (Wildman–Crippen MR) is 50.5 cm³/mol. The van der Waals surface area contributed by atoms with Crippen molar-refractivity contribution < 1.29 is 9.90 Å². The Morgan fingerprint density at radius 2 is 2.46 bits per heavy atom. The molecule has 76 valence electrons. The molecule has 1 unspecified atom stereocenters. The van der Waals surface area contributed by atoms with E-state index in [1.165, 1.54) is 0 Å². The Morgan fingerprint density at radius 3 is 2.92 bits per heavy atom. The molecule has 2 atom stereocenters. The number of carbonyl (C=O) groups excluding carboxylic acids is 1. The molecule has 2 N–H and O–H groups in total. The van der Waals surface area contributed by atoms with Crippen LogP contribution in [0.4, 0.5) is 4.79 Å². The van der Waals surface area contributed by atoms with E-state index in [4.69, 9.17) is 0 Å². The van der Waals surface area contributed by atoms with Gasteiger partial charge in [0.15, 0.2) is 0 Å². The number of nitrogens with one attached hydrogen (secondary N) is 1. The summed E-state index contributed by atoms with van der Waals surface area (Å²) < 4.78 is 0. The van der Waals surface area contributed by atoms with E-state index in [1.54, 1.807) is 4.90 Å². The number of urea groups is 1. The number of hydrogen-bond acceptors (Lipinski definition) is 2. The van der Waals surface area contributed by atoms with Gasteiger partial charge >= 0.3 is 6.03 Å². The van der Waals surface area contributed by atoms with Crippen LogP contribution >= 0.6 is 0 Å². The Morgan fingerprint density at radius 1 is 1.77 bits per heavy atom.